The molecule has 184 valence electrons. The first kappa shape index (κ1) is 24.8. The van der Waals surface area contributed by atoms with Crippen LogP contribution in [0.3, 0.4) is 0 Å². The number of carbonyl (C=O) groups excluding carboxylic acids is 1. The average molecular weight is 487 g/mol. The number of hydrogen-bond donors (Lipinski definition) is 2. The molecule has 0 aliphatic heterocycles. The van der Waals surface area contributed by atoms with E-state index in [2.05, 4.69) is 15.6 Å². The number of carbonyl (C=O) groups is 1. The van der Waals surface area contributed by atoms with E-state index in [1.54, 1.807) is 43.1 Å². The largest absolute Gasteiger partial charge is 0.456 e. The zero-order valence-electron chi connectivity index (χ0n) is 20.3. The van der Waals surface area contributed by atoms with Gasteiger partial charge in [0.05, 0.1) is 24.5 Å². The molecule has 36 heavy (non-hydrogen) atoms. The van der Waals surface area contributed by atoms with E-state index < -0.39 is 6.04 Å². The summed E-state index contributed by atoms with van der Waals surface area (Å²) in [6.07, 6.45) is 3.20. The van der Waals surface area contributed by atoms with Gasteiger partial charge in [-0.1, -0.05) is 24.3 Å². The van der Waals surface area contributed by atoms with Crippen LogP contribution in [-0.4, -0.2) is 28.5 Å². The van der Waals surface area contributed by atoms with Crippen molar-refractivity contribution >= 4 is 11.6 Å². The van der Waals surface area contributed by atoms with Crippen LogP contribution in [0, 0.1) is 12.7 Å². The summed E-state index contributed by atoms with van der Waals surface area (Å²) in [6.45, 7) is 3.89. The fourth-order valence-electron chi connectivity index (χ4n) is 3.73. The Balaban J connectivity index is 1.72. The van der Waals surface area contributed by atoms with Crippen molar-refractivity contribution in [3.63, 3.8) is 0 Å². The molecule has 0 fully saturated rings. The minimum Gasteiger partial charge on any atom is -0.456 e. The molecule has 4 rings (SSSR count). The van der Waals surface area contributed by atoms with E-state index in [1.807, 2.05) is 37.3 Å². The van der Waals surface area contributed by atoms with Gasteiger partial charge in [0.15, 0.2) is 0 Å². The van der Waals surface area contributed by atoms with Crippen molar-refractivity contribution in [3.8, 4) is 22.8 Å². The standard InChI is InChI=1S/C28H27FN4O3/c1-18-6-4-5-7-24(18)26-13-12-25(32-27(34)19(2)30-3)28(35)33(26)17-20-14-23(16-31-15-20)36-22-10-8-21(29)9-11-22/h4-16,19,30H,17H2,1-3H3,(H,32,34)/t19-/m0/s1. The van der Waals surface area contributed by atoms with Gasteiger partial charge in [-0.3, -0.25) is 14.6 Å². The van der Waals surface area contributed by atoms with Crippen LogP contribution in [0.25, 0.3) is 11.3 Å². The molecule has 8 heteroatoms. The summed E-state index contributed by atoms with van der Waals surface area (Å²) in [5, 5.41) is 5.59. The van der Waals surface area contributed by atoms with Crippen LogP contribution >= 0.6 is 0 Å². The highest BCUT2D eigenvalue weighted by Gasteiger charge is 2.17. The summed E-state index contributed by atoms with van der Waals surface area (Å²) in [7, 11) is 1.68. The fraction of sp³-hybridized carbons (Fsp3) is 0.179. The number of pyridine rings is 2. The molecule has 1 amide bonds. The minimum atomic E-state index is -0.460. The van der Waals surface area contributed by atoms with E-state index in [0.717, 1.165) is 16.7 Å². The molecular formula is C28H27FN4O3. The third-order valence-corrected chi connectivity index (χ3v) is 5.84. The van der Waals surface area contributed by atoms with Crippen molar-refractivity contribution in [1.29, 1.82) is 0 Å². The number of anilines is 1. The Hall–Kier alpha value is -4.30. The number of nitrogens with zero attached hydrogens (tertiary/aromatic N) is 2. The minimum absolute atomic E-state index is 0.186. The molecule has 0 aliphatic carbocycles. The molecule has 0 aliphatic rings. The normalized spacial score (nSPS) is 11.7. The molecule has 0 spiro atoms. The van der Waals surface area contributed by atoms with Crippen molar-refractivity contribution in [2.75, 3.05) is 12.4 Å². The molecule has 0 bridgehead atoms. The first-order valence-corrected chi connectivity index (χ1v) is 11.5. The predicted molar refractivity (Wildman–Crippen MR) is 138 cm³/mol. The number of amides is 1. The number of halogens is 1. The van der Waals surface area contributed by atoms with Gasteiger partial charge in [-0.2, -0.15) is 0 Å². The lowest BCUT2D eigenvalue weighted by molar-refractivity contribution is -0.117. The second-order valence-corrected chi connectivity index (χ2v) is 8.42. The van der Waals surface area contributed by atoms with Crippen LogP contribution in [0.1, 0.15) is 18.1 Å². The third kappa shape index (κ3) is 5.67. The Morgan fingerprint density at radius 3 is 2.53 bits per heavy atom. The van der Waals surface area contributed by atoms with E-state index >= 15 is 0 Å². The smallest absolute Gasteiger partial charge is 0.275 e. The van der Waals surface area contributed by atoms with Crippen LogP contribution in [0.15, 0.2) is 83.9 Å². The van der Waals surface area contributed by atoms with Gasteiger partial charge in [-0.15, -0.1) is 0 Å². The topological polar surface area (TPSA) is 85.2 Å². The van der Waals surface area contributed by atoms with Gasteiger partial charge < -0.3 is 19.9 Å². The molecule has 0 saturated carbocycles. The van der Waals surface area contributed by atoms with E-state index in [-0.39, 0.29) is 29.5 Å². The Morgan fingerprint density at radius 2 is 1.81 bits per heavy atom. The Kier molecular flexibility index (Phi) is 7.56. The first-order chi connectivity index (χ1) is 17.4. The monoisotopic (exact) mass is 486 g/mol. The Labute approximate surface area is 208 Å². The quantitative estimate of drug-likeness (QED) is 0.376. The summed E-state index contributed by atoms with van der Waals surface area (Å²) >= 11 is 0. The lowest BCUT2D eigenvalue weighted by Gasteiger charge is -2.18. The van der Waals surface area contributed by atoms with E-state index in [4.69, 9.17) is 4.74 Å². The zero-order valence-corrected chi connectivity index (χ0v) is 20.3. The van der Waals surface area contributed by atoms with Gasteiger partial charge in [0.25, 0.3) is 5.56 Å². The van der Waals surface area contributed by atoms with Gasteiger partial charge in [-0.25, -0.2) is 4.39 Å². The van der Waals surface area contributed by atoms with Crippen molar-refractivity contribution in [3.05, 3.63) is 106 Å². The van der Waals surface area contributed by atoms with Crippen LogP contribution in [0.2, 0.25) is 0 Å². The summed E-state index contributed by atoms with van der Waals surface area (Å²) in [5.41, 5.74) is 3.20. The van der Waals surface area contributed by atoms with E-state index in [1.165, 1.54) is 24.3 Å². The second kappa shape index (κ2) is 11.0. The lowest BCUT2D eigenvalue weighted by atomic mass is 10.0. The molecule has 0 unspecified atom stereocenters. The number of nitrogens with one attached hydrogen (secondary N) is 2. The number of benzene rings is 2. The van der Waals surface area contributed by atoms with Crippen LogP contribution in [0.4, 0.5) is 10.1 Å². The molecule has 4 aromatic rings. The fourth-order valence-corrected chi connectivity index (χ4v) is 3.73. The van der Waals surface area contributed by atoms with Crippen LogP contribution < -0.4 is 20.9 Å². The number of ether oxygens (including phenoxy) is 1. The van der Waals surface area contributed by atoms with Crippen molar-refractivity contribution in [2.45, 2.75) is 26.4 Å². The summed E-state index contributed by atoms with van der Waals surface area (Å²) in [6, 6.07) is 18.3. The molecule has 0 radical (unpaired) electrons. The number of aryl methyl sites for hydroxylation is 1. The highest BCUT2D eigenvalue weighted by Crippen LogP contribution is 2.26. The lowest BCUT2D eigenvalue weighted by Crippen LogP contribution is -2.37. The number of rotatable bonds is 8. The molecule has 2 N–H and O–H groups in total. The van der Waals surface area contributed by atoms with Gasteiger partial charge >= 0.3 is 0 Å². The van der Waals surface area contributed by atoms with Crippen molar-refractivity contribution in [1.82, 2.24) is 14.9 Å². The Morgan fingerprint density at radius 1 is 1.06 bits per heavy atom. The van der Waals surface area contributed by atoms with E-state index in [9.17, 15) is 14.0 Å². The maximum absolute atomic E-state index is 13.6. The predicted octanol–water partition coefficient (Wildman–Crippen LogP) is 4.74. The second-order valence-electron chi connectivity index (χ2n) is 8.42. The summed E-state index contributed by atoms with van der Waals surface area (Å²) < 4.78 is 20.6. The Bertz CT molecular complexity index is 1430. The van der Waals surface area contributed by atoms with Crippen LogP contribution in [0.5, 0.6) is 11.5 Å². The van der Waals surface area contributed by atoms with Crippen molar-refractivity contribution in [2.24, 2.45) is 0 Å². The summed E-state index contributed by atoms with van der Waals surface area (Å²) in [4.78, 5) is 30.3. The number of likely N-dealkylation sites (N-methyl/N-ethyl adjacent to an activating group) is 1. The highest BCUT2D eigenvalue weighted by molar-refractivity contribution is 5.94. The maximum atomic E-state index is 13.6. The van der Waals surface area contributed by atoms with Gasteiger partial charge in [0.2, 0.25) is 5.91 Å². The number of hydrogen-bond acceptors (Lipinski definition) is 5. The zero-order chi connectivity index (χ0) is 25.7. The molecule has 0 saturated heterocycles. The van der Waals surface area contributed by atoms with Gasteiger partial charge in [-0.05, 0) is 74.5 Å². The highest BCUT2D eigenvalue weighted by atomic mass is 19.1. The molecule has 2 aromatic heterocycles. The van der Waals surface area contributed by atoms with Crippen molar-refractivity contribution < 1.29 is 13.9 Å². The molecule has 7 nitrogen and oxygen atoms in total. The maximum Gasteiger partial charge on any atom is 0.275 e. The molecule has 1 atom stereocenters. The number of aromatic nitrogens is 2. The summed E-state index contributed by atoms with van der Waals surface area (Å²) in [5.74, 6) is 0.267. The molecule has 2 aromatic carbocycles. The van der Waals surface area contributed by atoms with Gasteiger partial charge in [0, 0.05) is 11.8 Å². The third-order valence-electron chi connectivity index (χ3n) is 5.84. The van der Waals surface area contributed by atoms with Crippen LogP contribution in [-0.2, 0) is 11.3 Å². The SMILES string of the molecule is CN[C@@H](C)C(=O)Nc1ccc(-c2ccccc2C)n(Cc2cncc(Oc3ccc(F)cc3)c2)c1=O. The first-order valence-electron chi connectivity index (χ1n) is 11.5. The van der Waals surface area contributed by atoms with E-state index in [0.29, 0.717) is 17.2 Å². The van der Waals surface area contributed by atoms with Gasteiger partial charge in [0.1, 0.15) is 23.0 Å². The average Bonchev–Trinajstić information content (AvgIpc) is 2.88. The molecular weight excluding hydrogens is 459 g/mol. The molecule has 2 heterocycles.